The lowest BCUT2D eigenvalue weighted by Gasteiger charge is -2.25. The smallest absolute Gasteiger partial charge is 0.237 e. The van der Waals surface area contributed by atoms with Crippen molar-refractivity contribution in [3.05, 3.63) is 24.3 Å². The van der Waals surface area contributed by atoms with Crippen LogP contribution < -0.4 is 11.1 Å². The summed E-state index contributed by atoms with van der Waals surface area (Å²) >= 11 is 0. The molecule has 88 valence electrons. The number of hydrogen-bond donors (Lipinski definition) is 2. The van der Waals surface area contributed by atoms with E-state index in [0.717, 1.165) is 5.69 Å². The molecule has 0 bridgehead atoms. The first kappa shape index (κ1) is 12.6. The molecule has 0 radical (unpaired) electrons. The molecule has 0 saturated carbocycles. The van der Waals surface area contributed by atoms with Crippen molar-refractivity contribution < 1.29 is 4.79 Å². The van der Waals surface area contributed by atoms with E-state index < -0.39 is 6.04 Å². The van der Waals surface area contributed by atoms with Crippen molar-refractivity contribution in [1.82, 2.24) is 15.3 Å². The van der Waals surface area contributed by atoms with E-state index in [1.54, 1.807) is 12.3 Å². The standard InChI is InChI=1S/C11H18N4O/c1-11(2,3)9(12)10(16)14-6-8-4-5-13-7-15-8/h4-5,7,9H,6,12H2,1-3H3,(H,14,16)/t9-/m1/s1. The Hall–Kier alpha value is -1.49. The minimum Gasteiger partial charge on any atom is -0.349 e. The molecule has 0 aliphatic carbocycles. The van der Waals surface area contributed by atoms with Crippen molar-refractivity contribution in [3.63, 3.8) is 0 Å². The van der Waals surface area contributed by atoms with E-state index in [-0.39, 0.29) is 11.3 Å². The Labute approximate surface area is 95.5 Å². The first-order chi connectivity index (χ1) is 7.41. The topological polar surface area (TPSA) is 80.9 Å². The van der Waals surface area contributed by atoms with Crippen molar-refractivity contribution in [1.29, 1.82) is 0 Å². The normalized spacial score (nSPS) is 13.2. The highest BCUT2D eigenvalue weighted by atomic mass is 16.2. The van der Waals surface area contributed by atoms with Gasteiger partial charge in [0.1, 0.15) is 6.33 Å². The van der Waals surface area contributed by atoms with Crippen LogP contribution in [0, 0.1) is 5.41 Å². The lowest BCUT2D eigenvalue weighted by Crippen LogP contribution is -2.48. The second kappa shape index (κ2) is 5.03. The molecule has 0 fully saturated rings. The van der Waals surface area contributed by atoms with Gasteiger partial charge in [0.2, 0.25) is 5.91 Å². The molecule has 5 heteroatoms. The number of carbonyl (C=O) groups is 1. The van der Waals surface area contributed by atoms with Crippen LogP contribution in [-0.4, -0.2) is 21.9 Å². The predicted molar refractivity (Wildman–Crippen MR) is 61.3 cm³/mol. The molecule has 0 aromatic carbocycles. The SMILES string of the molecule is CC(C)(C)[C@H](N)C(=O)NCc1ccncn1. The molecule has 5 nitrogen and oxygen atoms in total. The molecule has 1 heterocycles. The van der Waals surface area contributed by atoms with Gasteiger partial charge in [-0.1, -0.05) is 20.8 Å². The second-order valence-corrected chi connectivity index (χ2v) is 4.76. The summed E-state index contributed by atoms with van der Waals surface area (Å²) in [5, 5.41) is 2.75. The quantitative estimate of drug-likeness (QED) is 0.778. The van der Waals surface area contributed by atoms with Crippen LogP contribution in [0.15, 0.2) is 18.6 Å². The first-order valence-electron chi connectivity index (χ1n) is 5.19. The fourth-order valence-electron chi connectivity index (χ4n) is 1.10. The zero-order chi connectivity index (χ0) is 12.2. The van der Waals surface area contributed by atoms with Crippen LogP contribution in [0.3, 0.4) is 0 Å². The number of aromatic nitrogens is 2. The van der Waals surface area contributed by atoms with E-state index in [0.29, 0.717) is 6.54 Å². The molecule has 1 atom stereocenters. The molecule has 0 aliphatic heterocycles. The molecule has 3 N–H and O–H groups in total. The molecular formula is C11H18N4O. The van der Waals surface area contributed by atoms with Crippen LogP contribution in [-0.2, 0) is 11.3 Å². The summed E-state index contributed by atoms with van der Waals surface area (Å²) in [6.45, 7) is 6.18. The highest BCUT2D eigenvalue weighted by Crippen LogP contribution is 2.17. The molecule has 1 aromatic rings. The molecular weight excluding hydrogens is 204 g/mol. The summed E-state index contributed by atoms with van der Waals surface area (Å²) in [6, 6.07) is 1.23. The third kappa shape index (κ3) is 3.58. The number of nitrogens with one attached hydrogen (secondary N) is 1. The zero-order valence-electron chi connectivity index (χ0n) is 9.90. The first-order valence-corrected chi connectivity index (χ1v) is 5.19. The minimum atomic E-state index is -0.519. The number of nitrogens with zero attached hydrogens (tertiary/aromatic N) is 2. The average molecular weight is 222 g/mol. The van der Waals surface area contributed by atoms with E-state index in [1.165, 1.54) is 6.33 Å². The summed E-state index contributed by atoms with van der Waals surface area (Å²) in [5.41, 5.74) is 6.34. The molecule has 1 aromatic heterocycles. The highest BCUT2D eigenvalue weighted by Gasteiger charge is 2.27. The van der Waals surface area contributed by atoms with Gasteiger partial charge in [0.05, 0.1) is 18.3 Å². The summed E-state index contributed by atoms with van der Waals surface area (Å²) < 4.78 is 0. The lowest BCUT2D eigenvalue weighted by atomic mass is 9.87. The summed E-state index contributed by atoms with van der Waals surface area (Å²) in [4.78, 5) is 19.5. The van der Waals surface area contributed by atoms with Crippen LogP contribution >= 0.6 is 0 Å². The van der Waals surface area contributed by atoms with E-state index in [2.05, 4.69) is 15.3 Å². The van der Waals surface area contributed by atoms with Crippen LogP contribution in [0.2, 0.25) is 0 Å². The monoisotopic (exact) mass is 222 g/mol. The van der Waals surface area contributed by atoms with Crippen molar-refractivity contribution in [2.45, 2.75) is 33.4 Å². The van der Waals surface area contributed by atoms with Gasteiger partial charge in [-0.15, -0.1) is 0 Å². The van der Waals surface area contributed by atoms with E-state index in [9.17, 15) is 4.79 Å². The van der Waals surface area contributed by atoms with Crippen molar-refractivity contribution in [2.24, 2.45) is 11.1 Å². The minimum absolute atomic E-state index is 0.161. The van der Waals surface area contributed by atoms with Crippen molar-refractivity contribution in [2.75, 3.05) is 0 Å². The number of amides is 1. The van der Waals surface area contributed by atoms with Gasteiger partial charge >= 0.3 is 0 Å². The summed E-state index contributed by atoms with van der Waals surface area (Å²) in [6.07, 6.45) is 3.09. The molecule has 0 aliphatic rings. The Balaban J connectivity index is 2.48. The van der Waals surface area contributed by atoms with Gasteiger partial charge < -0.3 is 11.1 Å². The third-order valence-electron chi connectivity index (χ3n) is 2.30. The number of nitrogens with two attached hydrogens (primary N) is 1. The maximum atomic E-state index is 11.7. The summed E-state index contributed by atoms with van der Waals surface area (Å²) in [5.74, 6) is -0.161. The zero-order valence-corrected chi connectivity index (χ0v) is 9.90. The second-order valence-electron chi connectivity index (χ2n) is 4.76. The average Bonchev–Trinajstić information content (AvgIpc) is 2.25. The van der Waals surface area contributed by atoms with Gasteiger partial charge in [-0.3, -0.25) is 4.79 Å². The third-order valence-corrected chi connectivity index (χ3v) is 2.30. The lowest BCUT2D eigenvalue weighted by molar-refractivity contribution is -0.124. The van der Waals surface area contributed by atoms with E-state index in [4.69, 9.17) is 5.73 Å². The Kier molecular flexibility index (Phi) is 3.95. The van der Waals surface area contributed by atoms with E-state index >= 15 is 0 Å². The highest BCUT2D eigenvalue weighted by molar-refractivity contribution is 5.82. The van der Waals surface area contributed by atoms with Crippen molar-refractivity contribution >= 4 is 5.91 Å². The molecule has 0 saturated heterocycles. The van der Waals surface area contributed by atoms with Gasteiger partial charge in [-0.25, -0.2) is 9.97 Å². The molecule has 16 heavy (non-hydrogen) atoms. The van der Waals surface area contributed by atoms with Gasteiger partial charge in [-0.2, -0.15) is 0 Å². The van der Waals surface area contributed by atoms with E-state index in [1.807, 2.05) is 20.8 Å². The van der Waals surface area contributed by atoms with Crippen LogP contribution in [0.5, 0.6) is 0 Å². The Morgan fingerprint density at radius 3 is 2.75 bits per heavy atom. The summed E-state index contributed by atoms with van der Waals surface area (Å²) in [7, 11) is 0. The molecule has 1 amide bonds. The van der Waals surface area contributed by atoms with Crippen LogP contribution in [0.1, 0.15) is 26.5 Å². The fourth-order valence-corrected chi connectivity index (χ4v) is 1.10. The van der Waals surface area contributed by atoms with Gasteiger partial charge in [0.25, 0.3) is 0 Å². The van der Waals surface area contributed by atoms with Gasteiger partial charge in [-0.05, 0) is 11.5 Å². The largest absolute Gasteiger partial charge is 0.349 e. The molecule has 0 unspecified atom stereocenters. The fraction of sp³-hybridized carbons (Fsp3) is 0.545. The number of rotatable bonds is 3. The molecule has 0 spiro atoms. The number of hydrogen-bond acceptors (Lipinski definition) is 4. The Bertz CT molecular complexity index is 345. The number of carbonyl (C=O) groups excluding carboxylic acids is 1. The Morgan fingerprint density at radius 1 is 1.56 bits per heavy atom. The van der Waals surface area contributed by atoms with Crippen LogP contribution in [0.4, 0.5) is 0 Å². The molecule has 1 rings (SSSR count). The van der Waals surface area contributed by atoms with Crippen LogP contribution in [0.25, 0.3) is 0 Å². The maximum absolute atomic E-state index is 11.7. The predicted octanol–water partition coefficient (Wildman–Crippen LogP) is 0.466. The maximum Gasteiger partial charge on any atom is 0.237 e. The Morgan fingerprint density at radius 2 is 2.25 bits per heavy atom. The van der Waals surface area contributed by atoms with Gasteiger partial charge in [0, 0.05) is 6.20 Å². The van der Waals surface area contributed by atoms with Crippen molar-refractivity contribution in [3.8, 4) is 0 Å². The van der Waals surface area contributed by atoms with Gasteiger partial charge in [0.15, 0.2) is 0 Å².